The molecule has 1 atom stereocenters. The van der Waals surface area contributed by atoms with Crippen LogP contribution in [0.5, 0.6) is 0 Å². The first-order chi connectivity index (χ1) is 9.58. The Bertz CT molecular complexity index is 459. The quantitative estimate of drug-likeness (QED) is 0.914. The summed E-state index contributed by atoms with van der Waals surface area (Å²) in [6.45, 7) is 3.27. The molecule has 1 unspecified atom stereocenters. The Morgan fingerprint density at radius 3 is 2.85 bits per heavy atom. The zero-order valence-corrected chi connectivity index (χ0v) is 12.7. The van der Waals surface area contributed by atoms with Crippen LogP contribution in [0.25, 0.3) is 0 Å². The SMILES string of the molecule is CN1CCCC(CNc2ccccc2C(=O)N(C)C)C1. The van der Waals surface area contributed by atoms with Gasteiger partial charge in [-0.15, -0.1) is 0 Å². The molecule has 1 saturated heterocycles. The van der Waals surface area contributed by atoms with Crippen molar-refractivity contribution in [2.45, 2.75) is 12.8 Å². The standard InChI is InChI=1S/C16H25N3O/c1-18(2)16(20)14-8-4-5-9-15(14)17-11-13-7-6-10-19(3)12-13/h4-5,8-9,13,17H,6-7,10-12H2,1-3H3. The number of carbonyl (C=O) groups excluding carboxylic acids is 1. The summed E-state index contributed by atoms with van der Waals surface area (Å²) >= 11 is 0. The Hall–Kier alpha value is -1.55. The minimum absolute atomic E-state index is 0.0499. The topological polar surface area (TPSA) is 35.6 Å². The van der Waals surface area contributed by atoms with Crippen LogP contribution in [0.15, 0.2) is 24.3 Å². The molecule has 0 spiro atoms. The maximum atomic E-state index is 12.1. The molecule has 0 saturated carbocycles. The summed E-state index contributed by atoms with van der Waals surface area (Å²) in [5, 5.41) is 3.47. The number of piperidine rings is 1. The van der Waals surface area contributed by atoms with Gasteiger partial charge in [-0.2, -0.15) is 0 Å². The van der Waals surface area contributed by atoms with E-state index in [9.17, 15) is 4.79 Å². The lowest BCUT2D eigenvalue weighted by Crippen LogP contribution is -2.35. The fraction of sp³-hybridized carbons (Fsp3) is 0.562. The highest BCUT2D eigenvalue weighted by Crippen LogP contribution is 2.20. The van der Waals surface area contributed by atoms with Crippen molar-refractivity contribution in [3.63, 3.8) is 0 Å². The number of nitrogens with zero attached hydrogens (tertiary/aromatic N) is 2. The van der Waals surface area contributed by atoms with Gasteiger partial charge in [0.05, 0.1) is 5.56 Å². The second kappa shape index (κ2) is 6.75. The molecule has 1 heterocycles. The van der Waals surface area contributed by atoms with Crippen molar-refractivity contribution in [2.24, 2.45) is 5.92 Å². The molecule has 1 amide bonds. The second-order valence-corrected chi connectivity index (χ2v) is 5.90. The molecule has 1 aromatic carbocycles. The summed E-state index contributed by atoms with van der Waals surface area (Å²) in [6, 6.07) is 7.76. The summed E-state index contributed by atoms with van der Waals surface area (Å²) in [4.78, 5) is 16.1. The summed E-state index contributed by atoms with van der Waals surface area (Å²) in [5.74, 6) is 0.713. The smallest absolute Gasteiger partial charge is 0.255 e. The monoisotopic (exact) mass is 275 g/mol. The van der Waals surface area contributed by atoms with E-state index >= 15 is 0 Å². The van der Waals surface area contributed by atoms with E-state index in [-0.39, 0.29) is 5.91 Å². The van der Waals surface area contributed by atoms with E-state index in [1.165, 1.54) is 19.4 Å². The highest BCUT2D eigenvalue weighted by molar-refractivity contribution is 5.99. The Labute approximate surface area is 121 Å². The van der Waals surface area contributed by atoms with E-state index in [0.29, 0.717) is 5.92 Å². The zero-order valence-electron chi connectivity index (χ0n) is 12.7. The number of hydrogen-bond acceptors (Lipinski definition) is 3. The molecule has 0 bridgehead atoms. The number of anilines is 1. The predicted octanol–water partition coefficient (Wildman–Crippen LogP) is 2.14. The second-order valence-electron chi connectivity index (χ2n) is 5.90. The molecule has 1 fully saturated rings. The number of nitrogens with one attached hydrogen (secondary N) is 1. The lowest BCUT2D eigenvalue weighted by atomic mass is 9.98. The van der Waals surface area contributed by atoms with Gasteiger partial charge in [0.25, 0.3) is 5.91 Å². The summed E-state index contributed by atoms with van der Waals surface area (Å²) in [6.07, 6.45) is 2.53. The van der Waals surface area contributed by atoms with E-state index in [1.807, 2.05) is 24.3 Å². The van der Waals surface area contributed by atoms with Gasteiger partial charge in [-0.25, -0.2) is 0 Å². The molecule has 1 aliphatic rings. The molecule has 20 heavy (non-hydrogen) atoms. The lowest BCUT2D eigenvalue weighted by Gasteiger charge is -2.30. The van der Waals surface area contributed by atoms with Gasteiger partial charge in [0.1, 0.15) is 0 Å². The van der Waals surface area contributed by atoms with Gasteiger partial charge < -0.3 is 15.1 Å². The van der Waals surface area contributed by atoms with Crippen molar-refractivity contribution < 1.29 is 4.79 Å². The number of rotatable bonds is 4. The molecule has 110 valence electrons. The lowest BCUT2D eigenvalue weighted by molar-refractivity contribution is 0.0828. The fourth-order valence-corrected chi connectivity index (χ4v) is 2.76. The molecule has 0 radical (unpaired) electrons. The summed E-state index contributed by atoms with van der Waals surface area (Å²) < 4.78 is 0. The third kappa shape index (κ3) is 3.73. The van der Waals surface area contributed by atoms with Gasteiger partial charge in [-0.1, -0.05) is 12.1 Å². The van der Waals surface area contributed by atoms with Crippen LogP contribution in [0.1, 0.15) is 23.2 Å². The van der Waals surface area contributed by atoms with Crippen LogP contribution in [-0.2, 0) is 0 Å². The van der Waals surface area contributed by atoms with E-state index < -0.39 is 0 Å². The van der Waals surface area contributed by atoms with Gasteiger partial charge in [-0.3, -0.25) is 4.79 Å². The predicted molar refractivity (Wildman–Crippen MR) is 83.2 cm³/mol. The fourth-order valence-electron chi connectivity index (χ4n) is 2.76. The van der Waals surface area contributed by atoms with Gasteiger partial charge in [0, 0.05) is 32.9 Å². The van der Waals surface area contributed by atoms with Gasteiger partial charge in [-0.05, 0) is 44.5 Å². The number of para-hydroxylation sites is 1. The Morgan fingerprint density at radius 2 is 2.15 bits per heavy atom. The average molecular weight is 275 g/mol. The first-order valence-corrected chi connectivity index (χ1v) is 7.31. The third-order valence-electron chi connectivity index (χ3n) is 3.87. The average Bonchev–Trinajstić information content (AvgIpc) is 2.44. The number of amides is 1. The van der Waals surface area contributed by atoms with Gasteiger partial charge in [0.15, 0.2) is 0 Å². The normalized spacial score (nSPS) is 19.6. The van der Waals surface area contributed by atoms with E-state index in [0.717, 1.165) is 24.3 Å². The van der Waals surface area contributed by atoms with Crippen LogP contribution >= 0.6 is 0 Å². The van der Waals surface area contributed by atoms with E-state index in [1.54, 1.807) is 19.0 Å². The van der Waals surface area contributed by atoms with Gasteiger partial charge in [0.2, 0.25) is 0 Å². The van der Waals surface area contributed by atoms with E-state index in [2.05, 4.69) is 17.3 Å². The van der Waals surface area contributed by atoms with E-state index in [4.69, 9.17) is 0 Å². The molecule has 0 aromatic heterocycles. The Balaban J connectivity index is 2.00. The minimum Gasteiger partial charge on any atom is -0.384 e. The van der Waals surface area contributed by atoms with Crippen molar-refractivity contribution in [2.75, 3.05) is 46.1 Å². The van der Waals surface area contributed by atoms with Crippen molar-refractivity contribution >= 4 is 11.6 Å². The molecule has 1 N–H and O–H groups in total. The number of benzene rings is 1. The molecular formula is C16H25N3O. The van der Waals surface area contributed by atoms with Crippen molar-refractivity contribution in [3.8, 4) is 0 Å². The molecule has 1 aromatic rings. The maximum Gasteiger partial charge on any atom is 0.255 e. The first kappa shape index (κ1) is 14.9. The highest BCUT2D eigenvalue weighted by atomic mass is 16.2. The van der Waals surface area contributed by atoms with Crippen molar-refractivity contribution in [1.82, 2.24) is 9.80 Å². The highest BCUT2D eigenvalue weighted by Gasteiger charge is 2.18. The summed E-state index contributed by atoms with van der Waals surface area (Å²) in [5.41, 5.74) is 1.70. The molecule has 4 heteroatoms. The molecule has 1 aliphatic heterocycles. The number of hydrogen-bond donors (Lipinski definition) is 1. The van der Waals surface area contributed by atoms with Crippen LogP contribution in [0.2, 0.25) is 0 Å². The van der Waals surface area contributed by atoms with Gasteiger partial charge >= 0.3 is 0 Å². The van der Waals surface area contributed by atoms with Crippen LogP contribution in [0.3, 0.4) is 0 Å². The molecular weight excluding hydrogens is 250 g/mol. The van der Waals surface area contributed by atoms with Crippen LogP contribution < -0.4 is 5.32 Å². The molecule has 2 rings (SSSR count). The maximum absolute atomic E-state index is 12.1. The van der Waals surface area contributed by atoms with Crippen molar-refractivity contribution in [1.29, 1.82) is 0 Å². The number of likely N-dealkylation sites (tertiary alicyclic amines) is 1. The largest absolute Gasteiger partial charge is 0.384 e. The van der Waals surface area contributed by atoms with Crippen LogP contribution in [0, 0.1) is 5.92 Å². The number of carbonyl (C=O) groups is 1. The van der Waals surface area contributed by atoms with Crippen LogP contribution in [-0.4, -0.2) is 56.5 Å². The Kier molecular flexibility index (Phi) is 5.01. The van der Waals surface area contributed by atoms with Crippen molar-refractivity contribution in [3.05, 3.63) is 29.8 Å². The van der Waals surface area contributed by atoms with Crippen LogP contribution in [0.4, 0.5) is 5.69 Å². The minimum atomic E-state index is 0.0499. The summed E-state index contributed by atoms with van der Waals surface area (Å²) in [7, 11) is 5.75. The first-order valence-electron chi connectivity index (χ1n) is 7.31. The zero-order chi connectivity index (χ0) is 14.5. The molecule has 0 aliphatic carbocycles. The molecule has 4 nitrogen and oxygen atoms in total. The Morgan fingerprint density at radius 1 is 1.40 bits per heavy atom. The third-order valence-corrected chi connectivity index (χ3v) is 3.87.